The van der Waals surface area contributed by atoms with E-state index in [2.05, 4.69) is 14.9 Å². The maximum Gasteiger partial charge on any atom is 0.335 e. The van der Waals surface area contributed by atoms with E-state index < -0.39 is 31.1 Å². The number of benzene rings is 1. The summed E-state index contributed by atoms with van der Waals surface area (Å²) in [6.45, 7) is 5.63. The molecule has 1 heterocycles. The highest BCUT2D eigenvalue weighted by atomic mass is 32.2. The van der Waals surface area contributed by atoms with Crippen molar-refractivity contribution >= 4 is 19.9 Å². The van der Waals surface area contributed by atoms with E-state index in [1.807, 2.05) is 32.9 Å². The van der Waals surface area contributed by atoms with Crippen LogP contribution in [0.3, 0.4) is 0 Å². The van der Waals surface area contributed by atoms with Crippen LogP contribution in [0.5, 0.6) is 0 Å². The summed E-state index contributed by atoms with van der Waals surface area (Å²) in [5.41, 5.74) is 1.68. The number of aryl methyl sites for hydroxylation is 1. The summed E-state index contributed by atoms with van der Waals surface area (Å²) in [6, 6.07) is 6.38. The lowest BCUT2D eigenvalue weighted by molar-refractivity contribution is 0.312. The molecule has 0 spiro atoms. The normalized spacial score (nSPS) is 14.9. The first-order valence-electron chi connectivity index (χ1n) is 8.11. The zero-order valence-electron chi connectivity index (χ0n) is 15.1. The third kappa shape index (κ3) is 5.36. The number of hydrogen-bond donors (Lipinski definition) is 1. The van der Waals surface area contributed by atoms with Crippen LogP contribution in [0.4, 0.5) is 0 Å². The molecule has 0 bridgehead atoms. The molecule has 0 saturated heterocycles. The molecular formula is C16H23N3O5S2. The van der Waals surface area contributed by atoms with E-state index >= 15 is 0 Å². The van der Waals surface area contributed by atoms with Crippen LogP contribution in [0.2, 0.25) is 0 Å². The molecule has 0 amide bonds. The van der Waals surface area contributed by atoms with Gasteiger partial charge in [0.25, 0.3) is 0 Å². The summed E-state index contributed by atoms with van der Waals surface area (Å²) in [6.07, 6.45) is 1.58. The van der Waals surface area contributed by atoms with Crippen molar-refractivity contribution in [3.05, 3.63) is 41.3 Å². The fourth-order valence-corrected chi connectivity index (χ4v) is 4.14. The van der Waals surface area contributed by atoms with Gasteiger partial charge < -0.3 is 4.42 Å². The van der Waals surface area contributed by atoms with Crippen LogP contribution in [0.25, 0.3) is 0 Å². The fraction of sp³-hybridized carbons (Fsp3) is 0.500. The predicted octanol–water partition coefficient (Wildman–Crippen LogP) is 1.99. The second-order valence-electron chi connectivity index (χ2n) is 6.40. The Bertz CT molecular complexity index is 950. The molecule has 10 heteroatoms. The van der Waals surface area contributed by atoms with Gasteiger partial charge in [0.05, 0.1) is 5.75 Å². The van der Waals surface area contributed by atoms with E-state index in [1.165, 1.54) is 0 Å². The van der Waals surface area contributed by atoms with Crippen LogP contribution in [0.15, 0.2) is 33.9 Å². The van der Waals surface area contributed by atoms with Crippen molar-refractivity contribution in [1.29, 1.82) is 0 Å². The van der Waals surface area contributed by atoms with E-state index in [1.54, 1.807) is 12.1 Å². The van der Waals surface area contributed by atoms with Crippen molar-refractivity contribution in [3.8, 4) is 0 Å². The highest BCUT2D eigenvalue weighted by Gasteiger charge is 2.30. The van der Waals surface area contributed by atoms with Gasteiger partial charge in [-0.15, -0.1) is 5.10 Å². The average molecular weight is 402 g/mol. The van der Waals surface area contributed by atoms with Gasteiger partial charge in [0.2, 0.25) is 25.8 Å². The van der Waals surface area contributed by atoms with Crippen LogP contribution in [-0.4, -0.2) is 33.3 Å². The maximum atomic E-state index is 12.6. The second kappa shape index (κ2) is 7.85. The molecule has 2 rings (SSSR count). The number of aromatic nitrogens is 2. The van der Waals surface area contributed by atoms with E-state index in [-0.39, 0.29) is 17.6 Å². The van der Waals surface area contributed by atoms with Crippen molar-refractivity contribution in [2.45, 2.75) is 44.2 Å². The monoisotopic (exact) mass is 401 g/mol. The Hall–Kier alpha value is -1.78. The van der Waals surface area contributed by atoms with Crippen molar-refractivity contribution in [1.82, 2.24) is 14.9 Å². The summed E-state index contributed by atoms with van der Waals surface area (Å²) >= 11 is 0. The minimum atomic E-state index is -3.70. The van der Waals surface area contributed by atoms with Crippen molar-refractivity contribution < 1.29 is 21.3 Å². The Morgan fingerprint density at radius 1 is 1.12 bits per heavy atom. The molecule has 0 aliphatic heterocycles. The topological polar surface area (TPSA) is 119 Å². The molecule has 0 radical (unpaired) electrons. The van der Waals surface area contributed by atoms with Crippen molar-refractivity contribution in [3.63, 3.8) is 0 Å². The Morgan fingerprint density at radius 2 is 1.73 bits per heavy atom. The smallest absolute Gasteiger partial charge is 0.335 e. The average Bonchev–Trinajstić information content (AvgIpc) is 3.04. The standard InChI is InChI=1S/C16H23N3O5S2/c1-5-12(3)14(15-17-18-16(24-15)25(4,20)21)19-26(22,23)10-13-8-6-11(2)7-9-13/h6-9,12,14,19H,5,10H2,1-4H3/t12-,14+/m1/s1. The van der Waals surface area contributed by atoms with Gasteiger partial charge in [-0.3, -0.25) is 0 Å². The van der Waals surface area contributed by atoms with Gasteiger partial charge in [-0.05, 0) is 18.4 Å². The molecule has 0 aliphatic rings. The highest BCUT2D eigenvalue weighted by Crippen LogP contribution is 2.26. The number of rotatable bonds is 8. The Balaban J connectivity index is 2.27. The first-order chi connectivity index (χ1) is 12.0. The van der Waals surface area contributed by atoms with Crippen molar-refractivity contribution in [2.75, 3.05) is 6.26 Å². The molecule has 0 unspecified atom stereocenters. The van der Waals surface area contributed by atoms with Gasteiger partial charge in [0.1, 0.15) is 6.04 Å². The molecule has 0 fully saturated rings. The molecule has 1 aromatic heterocycles. The van der Waals surface area contributed by atoms with Gasteiger partial charge in [-0.2, -0.15) is 0 Å². The van der Waals surface area contributed by atoms with Gasteiger partial charge in [-0.1, -0.05) is 55.2 Å². The minimum Gasteiger partial charge on any atom is -0.411 e. The Labute approximate surface area is 154 Å². The molecule has 0 saturated carbocycles. The molecular weight excluding hydrogens is 378 g/mol. The summed E-state index contributed by atoms with van der Waals surface area (Å²) in [5, 5.41) is 6.71. The molecule has 26 heavy (non-hydrogen) atoms. The van der Waals surface area contributed by atoms with Gasteiger partial charge in [0.15, 0.2) is 0 Å². The first-order valence-corrected chi connectivity index (χ1v) is 11.6. The van der Waals surface area contributed by atoms with Crippen molar-refractivity contribution in [2.24, 2.45) is 5.92 Å². The third-order valence-corrected chi connectivity index (χ3v) is 6.13. The van der Waals surface area contributed by atoms with Gasteiger partial charge in [-0.25, -0.2) is 21.6 Å². The zero-order valence-corrected chi connectivity index (χ0v) is 16.8. The Morgan fingerprint density at radius 3 is 2.23 bits per heavy atom. The molecule has 144 valence electrons. The van der Waals surface area contributed by atoms with Gasteiger partial charge in [0, 0.05) is 6.26 Å². The number of nitrogens with one attached hydrogen (secondary N) is 1. The fourth-order valence-electron chi connectivity index (χ4n) is 2.28. The summed E-state index contributed by atoms with van der Waals surface area (Å²) < 4.78 is 56.0. The molecule has 1 aromatic carbocycles. The molecule has 2 atom stereocenters. The lowest BCUT2D eigenvalue weighted by Gasteiger charge is -2.20. The maximum absolute atomic E-state index is 12.6. The third-order valence-electron chi connectivity index (χ3n) is 4.00. The highest BCUT2D eigenvalue weighted by molar-refractivity contribution is 7.90. The number of sulfone groups is 1. The minimum absolute atomic E-state index is 0.0627. The molecule has 8 nitrogen and oxygen atoms in total. The predicted molar refractivity (Wildman–Crippen MR) is 96.5 cm³/mol. The van der Waals surface area contributed by atoms with Crippen LogP contribution in [-0.2, 0) is 25.6 Å². The van der Waals surface area contributed by atoms with Crippen LogP contribution in [0, 0.1) is 12.8 Å². The molecule has 2 aromatic rings. The summed E-state index contributed by atoms with van der Waals surface area (Å²) in [5.74, 6) is -0.435. The van der Waals surface area contributed by atoms with Crippen LogP contribution in [0.1, 0.15) is 43.3 Å². The summed E-state index contributed by atoms with van der Waals surface area (Å²) in [4.78, 5) is 0. The largest absolute Gasteiger partial charge is 0.411 e. The van der Waals surface area contributed by atoms with Crippen LogP contribution >= 0.6 is 0 Å². The molecule has 1 N–H and O–H groups in total. The number of nitrogens with zero attached hydrogens (tertiary/aromatic N) is 2. The number of hydrogen-bond acceptors (Lipinski definition) is 7. The van der Waals surface area contributed by atoms with E-state index in [0.29, 0.717) is 12.0 Å². The van der Waals surface area contributed by atoms with E-state index in [0.717, 1.165) is 11.8 Å². The van der Waals surface area contributed by atoms with Crippen LogP contribution < -0.4 is 4.72 Å². The Kier molecular flexibility index (Phi) is 6.20. The quantitative estimate of drug-likeness (QED) is 0.718. The van der Waals surface area contributed by atoms with E-state index in [4.69, 9.17) is 4.42 Å². The second-order valence-corrected chi connectivity index (χ2v) is 10.1. The zero-order chi connectivity index (χ0) is 19.5. The number of sulfonamides is 1. The summed E-state index contributed by atoms with van der Waals surface area (Å²) in [7, 11) is -7.37. The van der Waals surface area contributed by atoms with Gasteiger partial charge >= 0.3 is 5.22 Å². The SMILES string of the molecule is CC[C@@H](C)[C@H](NS(=O)(=O)Cc1ccc(C)cc1)c1nnc(S(C)(=O)=O)o1. The lowest BCUT2D eigenvalue weighted by atomic mass is 10.0. The van der Waals surface area contributed by atoms with E-state index in [9.17, 15) is 16.8 Å². The molecule has 0 aliphatic carbocycles. The lowest BCUT2D eigenvalue weighted by Crippen LogP contribution is -2.33. The first kappa shape index (κ1) is 20.5.